The normalized spacial score (nSPS) is 11.0. The van der Waals surface area contributed by atoms with Gasteiger partial charge in [0.2, 0.25) is 5.91 Å². The van der Waals surface area contributed by atoms with Crippen molar-refractivity contribution in [2.45, 2.75) is 45.4 Å². The average molecular weight is 359 g/mol. The van der Waals surface area contributed by atoms with Gasteiger partial charge in [-0.05, 0) is 90.9 Å². The van der Waals surface area contributed by atoms with Gasteiger partial charge in [-0.15, -0.1) is 0 Å². The summed E-state index contributed by atoms with van der Waals surface area (Å²) in [6.45, 7) is 10.8. The Kier molecular flexibility index (Phi) is 19.0. The molecule has 0 aromatic rings. The molecular formula is C18H42N6O. The van der Waals surface area contributed by atoms with Crippen molar-refractivity contribution in [2.24, 2.45) is 11.5 Å². The van der Waals surface area contributed by atoms with Crippen molar-refractivity contribution in [1.82, 2.24) is 20.9 Å². The van der Waals surface area contributed by atoms with Crippen molar-refractivity contribution < 1.29 is 4.79 Å². The van der Waals surface area contributed by atoms with Gasteiger partial charge in [-0.2, -0.15) is 0 Å². The molecule has 0 heterocycles. The first-order valence-corrected chi connectivity index (χ1v) is 10.00. The number of nitrogens with two attached hydrogens (primary N) is 2. The lowest BCUT2D eigenvalue weighted by atomic mass is 10.3. The maximum atomic E-state index is 11.7. The van der Waals surface area contributed by atoms with Crippen LogP contribution in [0.3, 0.4) is 0 Å². The molecule has 7 nitrogen and oxygen atoms in total. The van der Waals surface area contributed by atoms with Gasteiger partial charge in [0.1, 0.15) is 0 Å². The zero-order valence-electron chi connectivity index (χ0n) is 16.3. The maximum absolute atomic E-state index is 11.7. The molecule has 0 saturated carbocycles. The second-order valence-electron chi connectivity index (χ2n) is 6.45. The van der Waals surface area contributed by atoms with E-state index in [1.807, 2.05) is 4.90 Å². The second-order valence-corrected chi connectivity index (χ2v) is 6.45. The molecule has 0 unspecified atom stereocenters. The van der Waals surface area contributed by atoms with E-state index in [9.17, 15) is 4.79 Å². The lowest BCUT2D eigenvalue weighted by molar-refractivity contribution is -0.128. The van der Waals surface area contributed by atoms with Gasteiger partial charge in [0.05, 0.1) is 0 Å². The summed E-state index contributed by atoms with van der Waals surface area (Å²) in [5, 5.41) is 10.2. The summed E-state index contributed by atoms with van der Waals surface area (Å²) in [4.78, 5) is 13.7. The number of nitrogens with zero attached hydrogens (tertiary/aromatic N) is 1. The van der Waals surface area contributed by atoms with Gasteiger partial charge < -0.3 is 32.3 Å². The van der Waals surface area contributed by atoms with Crippen LogP contribution in [0.1, 0.15) is 45.4 Å². The first-order chi connectivity index (χ1) is 12.2. The van der Waals surface area contributed by atoms with E-state index in [-0.39, 0.29) is 5.91 Å². The van der Waals surface area contributed by atoms with Crippen molar-refractivity contribution in [3.63, 3.8) is 0 Å². The molecule has 0 aliphatic rings. The Bertz CT molecular complexity index is 291. The van der Waals surface area contributed by atoms with Crippen molar-refractivity contribution >= 4 is 5.91 Å². The Morgan fingerprint density at radius 3 is 1.60 bits per heavy atom. The van der Waals surface area contributed by atoms with E-state index in [4.69, 9.17) is 11.5 Å². The third-order valence-corrected chi connectivity index (χ3v) is 4.08. The molecule has 0 atom stereocenters. The quantitative estimate of drug-likeness (QED) is 0.206. The molecule has 1 amide bonds. The number of rotatable bonds is 19. The summed E-state index contributed by atoms with van der Waals surface area (Å²) in [7, 11) is 0. The van der Waals surface area contributed by atoms with Crippen LogP contribution in [-0.4, -0.2) is 76.3 Å². The van der Waals surface area contributed by atoms with Gasteiger partial charge in [0, 0.05) is 20.0 Å². The van der Waals surface area contributed by atoms with Crippen molar-refractivity contribution in [1.29, 1.82) is 0 Å². The highest BCUT2D eigenvalue weighted by atomic mass is 16.2. The Morgan fingerprint density at radius 1 is 0.680 bits per heavy atom. The van der Waals surface area contributed by atoms with E-state index in [0.717, 1.165) is 104 Å². The molecule has 0 radical (unpaired) electrons. The summed E-state index contributed by atoms with van der Waals surface area (Å²) in [6.07, 6.45) is 6.37. The fourth-order valence-corrected chi connectivity index (χ4v) is 2.55. The number of hydrogen-bond acceptors (Lipinski definition) is 6. The fourth-order valence-electron chi connectivity index (χ4n) is 2.55. The minimum absolute atomic E-state index is 0.173. The smallest absolute Gasteiger partial charge is 0.219 e. The topological polar surface area (TPSA) is 108 Å². The summed E-state index contributed by atoms with van der Waals surface area (Å²) >= 11 is 0. The van der Waals surface area contributed by atoms with E-state index >= 15 is 0 Å². The van der Waals surface area contributed by atoms with Crippen LogP contribution in [0.25, 0.3) is 0 Å². The Balaban J connectivity index is 3.46. The standard InChI is InChI=1S/C18H42N6O/c1-18(25)24(16-6-14-21-10-3-2-8-19)17-7-15-23-13-5-12-22-11-4-9-20/h21-23H,2-17,19-20H2,1H3. The SMILES string of the molecule is CC(=O)N(CCCNCCCCN)CCCNCCCNCCCN. The molecule has 0 fully saturated rings. The van der Waals surface area contributed by atoms with Crippen molar-refractivity contribution in [3.05, 3.63) is 0 Å². The summed E-state index contributed by atoms with van der Waals surface area (Å²) < 4.78 is 0. The lowest BCUT2D eigenvalue weighted by Crippen LogP contribution is -2.34. The zero-order valence-corrected chi connectivity index (χ0v) is 16.3. The van der Waals surface area contributed by atoms with E-state index in [1.165, 1.54) is 0 Å². The van der Waals surface area contributed by atoms with Gasteiger partial charge in [-0.3, -0.25) is 4.79 Å². The van der Waals surface area contributed by atoms with Crippen LogP contribution < -0.4 is 27.4 Å². The van der Waals surface area contributed by atoms with Crippen LogP contribution in [0.2, 0.25) is 0 Å². The predicted molar refractivity (Wildman–Crippen MR) is 107 cm³/mol. The predicted octanol–water partition coefficient (Wildman–Crippen LogP) is -0.138. The molecule has 0 saturated heterocycles. The molecule has 7 heteroatoms. The number of carbonyl (C=O) groups excluding carboxylic acids is 1. The molecule has 0 spiro atoms. The van der Waals surface area contributed by atoms with Gasteiger partial charge in [-0.1, -0.05) is 0 Å². The van der Waals surface area contributed by atoms with Crippen LogP contribution in [0.15, 0.2) is 0 Å². The molecule has 0 rings (SSSR count). The van der Waals surface area contributed by atoms with Crippen LogP contribution >= 0.6 is 0 Å². The number of hydrogen-bond donors (Lipinski definition) is 5. The largest absolute Gasteiger partial charge is 0.343 e. The first-order valence-electron chi connectivity index (χ1n) is 10.00. The number of nitrogens with one attached hydrogen (secondary N) is 3. The van der Waals surface area contributed by atoms with E-state index in [1.54, 1.807) is 6.92 Å². The highest BCUT2D eigenvalue weighted by Crippen LogP contribution is 1.95. The van der Waals surface area contributed by atoms with E-state index in [0.29, 0.717) is 0 Å². The number of carbonyl (C=O) groups is 1. The molecule has 0 aromatic carbocycles. The highest BCUT2D eigenvalue weighted by molar-refractivity contribution is 5.73. The van der Waals surface area contributed by atoms with E-state index < -0.39 is 0 Å². The summed E-state index contributed by atoms with van der Waals surface area (Å²) in [5.74, 6) is 0.173. The molecular weight excluding hydrogens is 316 g/mol. The monoisotopic (exact) mass is 358 g/mol. The van der Waals surface area contributed by atoms with Crippen LogP contribution in [0, 0.1) is 0 Å². The molecule has 0 aliphatic carbocycles. The molecule has 25 heavy (non-hydrogen) atoms. The second kappa shape index (κ2) is 19.6. The third-order valence-electron chi connectivity index (χ3n) is 4.08. The zero-order chi connectivity index (χ0) is 18.6. The maximum Gasteiger partial charge on any atom is 0.219 e. The number of amides is 1. The molecule has 0 aliphatic heterocycles. The van der Waals surface area contributed by atoms with Crippen LogP contribution in [0.4, 0.5) is 0 Å². The fraction of sp³-hybridized carbons (Fsp3) is 0.944. The highest BCUT2D eigenvalue weighted by Gasteiger charge is 2.07. The van der Waals surface area contributed by atoms with Crippen LogP contribution in [-0.2, 0) is 4.79 Å². The molecule has 7 N–H and O–H groups in total. The van der Waals surface area contributed by atoms with Crippen LogP contribution in [0.5, 0.6) is 0 Å². The van der Waals surface area contributed by atoms with Gasteiger partial charge in [0.15, 0.2) is 0 Å². The minimum atomic E-state index is 0.173. The van der Waals surface area contributed by atoms with Gasteiger partial charge in [-0.25, -0.2) is 0 Å². The lowest BCUT2D eigenvalue weighted by Gasteiger charge is -2.21. The number of unbranched alkanes of at least 4 members (excludes halogenated alkanes) is 1. The van der Waals surface area contributed by atoms with Gasteiger partial charge in [0.25, 0.3) is 0 Å². The third kappa shape index (κ3) is 17.9. The van der Waals surface area contributed by atoms with Crippen molar-refractivity contribution in [3.8, 4) is 0 Å². The van der Waals surface area contributed by atoms with Gasteiger partial charge >= 0.3 is 0 Å². The summed E-state index contributed by atoms with van der Waals surface area (Å²) in [5.41, 5.74) is 10.9. The molecule has 150 valence electrons. The first kappa shape index (κ1) is 24.3. The van der Waals surface area contributed by atoms with Crippen molar-refractivity contribution in [2.75, 3.05) is 65.4 Å². The van der Waals surface area contributed by atoms with E-state index in [2.05, 4.69) is 16.0 Å². The Morgan fingerprint density at radius 2 is 1.12 bits per heavy atom. The Hall–Kier alpha value is -0.730. The average Bonchev–Trinajstić information content (AvgIpc) is 2.60. The Labute approximate surface area is 154 Å². The molecule has 0 aromatic heterocycles. The molecule has 0 bridgehead atoms. The summed E-state index contributed by atoms with van der Waals surface area (Å²) in [6, 6.07) is 0. The minimum Gasteiger partial charge on any atom is -0.343 e.